The zero-order valence-electron chi connectivity index (χ0n) is 7.66. The summed E-state index contributed by atoms with van der Waals surface area (Å²) in [6.45, 7) is 4.80. The zero-order chi connectivity index (χ0) is 7.66. The lowest BCUT2D eigenvalue weighted by atomic mass is 10.2. The van der Waals surface area contributed by atoms with Crippen LogP contribution in [0.15, 0.2) is 0 Å². The second-order valence-electron chi connectivity index (χ2n) is 3.12. The van der Waals surface area contributed by atoms with E-state index in [2.05, 4.69) is 13.5 Å². The number of unbranched alkanes of at least 4 members (excludes halogenated alkanes) is 3. The monoisotopic (exact) mass is 190 g/mol. The van der Waals surface area contributed by atoms with E-state index in [0.717, 1.165) is 0 Å². The first kappa shape index (κ1) is 10.7. The summed E-state index contributed by atoms with van der Waals surface area (Å²) in [4.78, 5) is 0. The van der Waals surface area contributed by atoms with Gasteiger partial charge >= 0.3 is 0 Å². The highest BCUT2D eigenvalue weighted by atomic mass is 29.5. The Labute approximate surface area is 72.2 Å². The highest BCUT2D eigenvalue weighted by molar-refractivity contribution is 7.29. The van der Waals surface area contributed by atoms with E-state index in [1.54, 1.807) is 12.5 Å². The second-order valence-corrected chi connectivity index (χ2v) is 19.8. The molecule has 0 aromatic heterocycles. The number of hydrogen-bond donors (Lipinski definition) is 0. The van der Waals surface area contributed by atoms with E-state index in [0.29, 0.717) is 26.6 Å². The average molecular weight is 191 g/mol. The molecule has 0 nitrogen and oxygen atoms in total. The smallest absolute Gasteiger partial charge is 0.00492 e. The molecule has 0 N–H and O–H groups in total. The molecule has 0 spiro atoms. The van der Waals surface area contributed by atoms with Gasteiger partial charge in [0.05, 0.1) is 0 Å². The van der Waals surface area contributed by atoms with Crippen molar-refractivity contribution in [3.8, 4) is 0 Å². The van der Waals surface area contributed by atoms with E-state index in [1.807, 2.05) is 0 Å². The minimum Gasteiger partial charge on any atom is -0.0773 e. The topological polar surface area (TPSA) is 0 Å². The standard InChI is InChI=1S/C7H22Si3/c1-3-4-5-6-7-9-10-8-2/h3-10H2,1-2H3. The molecule has 3 heteroatoms. The SMILES string of the molecule is CCCCCC[SiH2][SiH2][SiH2]C. The molecular formula is C7H22Si3. The summed E-state index contributed by atoms with van der Waals surface area (Å²) >= 11 is 0. The summed E-state index contributed by atoms with van der Waals surface area (Å²) in [5, 5.41) is 0. The van der Waals surface area contributed by atoms with Crippen LogP contribution in [0.1, 0.15) is 32.6 Å². The Morgan fingerprint density at radius 3 is 2.50 bits per heavy atom. The quantitative estimate of drug-likeness (QED) is 0.402. The van der Waals surface area contributed by atoms with Crippen molar-refractivity contribution < 1.29 is 0 Å². The molecule has 0 bridgehead atoms. The first-order chi connectivity index (χ1) is 4.91. The molecule has 0 atom stereocenters. The molecule has 0 saturated carbocycles. The van der Waals surface area contributed by atoms with Gasteiger partial charge in [0, 0.05) is 18.1 Å². The van der Waals surface area contributed by atoms with Crippen LogP contribution in [0, 0.1) is 0 Å². The van der Waals surface area contributed by atoms with Gasteiger partial charge in [-0.2, -0.15) is 0 Å². The molecule has 0 radical (unpaired) electrons. The fourth-order valence-electron chi connectivity index (χ4n) is 1.21. The van der Waals surface area contributed by atoms with Crippen LogP contribution >= 0.6 is 0 Å². The van der Waals surface area contributed by atoms with Gasteiger partial charge in [-0.3, -0.25) is 0 Å². The maximum Gasteiger partial charge on any atom is 0.00492 e. The largest absolute Gasteiger partial charge is 0.0773 e. The van der Waals surface area contributed by atoms with Crippen LogP contribution in [-0.4, -0.2) is 26.6 Å². The summed E-state index contributed by atoms with van der Waals surface area (Å²) in [6.07, 6.45) is 6.01. The van der Waals surface area contributed by atoms with Gasteiger partial charge in [-0.05, 0) is 8.55 Å². The molecule has 0 heterocycles. The molecule has 0 fully saturated rings. The first-order valence-corrected chi connectivity index (χ1v) is 15.3. The van der Waals surface area contributed by atoms with Gasteiger partial charge in [0.15, 0.2) is 0 Å². The van der Waals surface area contributed by atoms with E-state index in [1.165, 1.54) is 19.3 Å². The van der Waals surface area contributed by atoms with Gasteiger partial charge in [-0.25, -0.2) is 0 Å². The van der Waals surface area contributed by atoms with Crippen LogP contribution in [0.4, 0.5) is 0 Å². The van der Waals surface area contributed by atoms with Crippen molar-refractivity contribution in [3.63, 3.8) is 0 Å². The molecule has 0 unspecified atom stereocenters. The van der Waals surface area contributed by atoms with Gasteiger partial charge in [0.1, 0.15) is 0 Å². The first-order valence-electron chi connectivity index (χ1n) is 4.91. The van der Waals surface area contributed by atoms with Crippen molar-refractivity contribution in [1.29, 1.82) is 0 Å². The lowest BCUT2D eigenvalue weighted by Gasteiger charge is -1.96. The minimum atomic E-state index is 0.575. The third kappa shape index (κ3) is 8.65. The van der Waals surface area contributed by atoms with E-state index in [9.17, 15) is 0 Å². The van der Waals surface area contributed by atoms with Crippen molar-refractivity contribution in [2.75, 3.05) is 0 Å². The molecule has 0 amide bonds. The van der Waals surface area contributed by atoms with Crippen molar-refractivity contribution in [1.82, 2.24) is 0 Å². The highest BCUT2D eigenvalue weighted by Crippen LogP contribution is 2.01. The van der Waals surface area contributed by atoms with Crippen molar-refractivity contribution in [2.45, 2.75) is 45.2 Å². The van der Waals surface area contributed by atoms with Crippen LogP contribution in [0.25, 0.3) is 0 Å². The third-order valence-corrected chi connectivity index (χ3v) is 20.1. The minimum absolute atomic E-state index is 0.575. The molecule has 10 heavy (non-hydrogen) atoms. The van der Waals surface area contributed by atoms with E-state index >= 15 is 0 Å². The summed E-state index contributed by atoms with van der Waals surface area (Å²) < 4.78 is 0. The lowest BCUT2D eigenvalue weighted by molar-refractivity contribution is 0.701. The molecule has 62 valence electrons. The molecule has 0 aliphatic rings. The van der Waals surface area contributed by atoms with Crippen LogP contribution in [0.2, 0.25) is 12.6 Å². The Balaban J connectivity index is 2.65. The van der Waals surface area contributed by atoms with Gasteiger partial charge in [-0.1, -0.05) is 45.2 Å². The highest BCUT2D eigenvalue weighted by Gasteiger charge is 1.89. The van der Waals surface area contributed by atoms with Gasteiger partial charge in [-0.15, -0.1) is 0 Å². The van der Waals surface area contributed by atoms with Crippen molar-refractivity contribution >= 4 is 26.6 Å². The molecule has 0 rings (SSSR count). The van der Waals surface area contributed by atoms with Crippen molar-refractivity contribution in [2.24, 2.45) is 0 Å². The van der Waals surface area contributed by atoms with Crippen LogP contribution in [-0.2, 0) is 0 Å². The summed E-state index contributed by atoms with van der Waals surface area (Å²) in [5.74, 6) is 0. The predicted octanol–water partition coefficient (Wildman–Crippen LogP) is 0.369. The van der Waals surface area contributed by atoms with Crippen LogP contribution in [0.3, 0.4) is 0 Å². The van der Waals surface area contributed by atoms with E-state index in [-0.39, 0.29) is 0 Å². The Kier molecular flexibility index (Phi) is 10.3. The number of rotatable bonds is 7. The predicted molar refractivity (Wildman–Crippen MR) is 60.4 cm³/mol. The van der Waals surface area contributed by atoms with Crippen molar-refractivity contribution in [3.05, 3.63) is 0 Å². The lowest BCUT2D eigenvalue weighted by Crippen LogP contribution is -2.08. The van der Waals surface area contributed by atoms with Crippen LogP contribution in [0.5, 0.6) is 0 Å². The van der Waals surface area contributed by atoms with Gasteiger partial charge in [0.25, 0.3) is 0 Å². The maximum atomic E-state index is 2.51. The Hall–Kier alpha value is 0.651. The Bertz CT molecular complexity index is 48.8. The van der Waals surface area contributed by atoms with E-state index < -0.39 is 0 Å². The second kappa shape index (κ2) is 9.65. The Morgan fingerprint density at radius 1 is 1.10 bits per heavy atom. The molecule has 0 saturated heterocycles. The fourth-order valence-corrected chi connectivity index (χ4v) is 14.1. The summed E-state index contributed by atoms with van der Waals surface area (Å²) in [5.41, 5.74) is 0. The Morgan fingerprint density at radius 2 is 1.90 bits per heavy atom. The summed E-state index contributed by atoms with van der Waals surface area (Å²) in [6, 6.07) is 1.70. The normalized spacial score (nSPS) is 13.8. The molecule has 0 aliphatic heterocycles. The van der Waals surface area contributed by atoms with Gasteiger partial charge < -0.3 is 0 Å². The zero-order valence-corrected chi connectivity index (χ0v) is 11.9. The van der Waals surface area contributed by atoms with Gasteiger partial charge in [0.2, 0.25) is 0 Å². The molecule has 0 aliphatic carbocycles. The third-order valence-electron chi connectivity index (χ3n) is 1.96. The number of hydrogen-bond acceptors (Lipinski definition) is 0. The summed E-state index contributed by atoms with van der Waals surface area (Å²) in [7, 11) is 1.82. The molecular weight excluding hydrogens is 168 g/mol. The maximum absolute atomic E-state index is 2.51. The van der Waals surface area contributed by atoms with E-state index in [4.69, 9.17) is 0 Å². The van der Waals surface area contributed by atoms with Crippen LogP contribution < -0.4 is 0 Å². The molecule has 0 aromatic carbocycles. The molecule has 0 aromatic rings. The average Bonchev–Trinajstić information content (AvgIpc) is 1.97. The fraction of sp³-hybridized carbons (Fsp3) is 1.00.